The highest BCUT2D eigenvalue weighted by Crippen LogP contribution is 2.50. The Labute approximate surface area is 299 Å². The monoisotopic (exact) mass is 712 g/mol. The van der Waals surface area contributed by atoms with Gasteiger partial charge in [0.15, 0.2) is 5.54 Å². The fourth-order valence-electron chi connectivity index (χ4n) is 8.25. The molecule has 4 aliphatic rings. The van der Waals surface area contributed by atoms with Crippen molar-refractivity contribution in [1.29, 1.82) is 5.26 Å². The maximum Gasteiger partial charge on any atom is 0.318 e. The molecule has 4 aliphatic heterocycles. The third-order valence-electron chi connectivity index (χ3n) is 10.9. The van der Waals surface area contributed by atoms with E-state index in [1.807, 2.05) is 0 Å². The number of amides is 3. The van der Waals surface area contributed by atoms with Crippen molar-refractivity contribution in [3.05, 3.63) is 83.4 Å². The van der Waals surface area contributed by atoms with Gasteiger partial charge >= 0.3 is 6.03 Å². The number of carbonyl (C=O) groups is 2. The molecule has 13 heteroatoms. The van der Waals surface area contributed by atoms with Gasteiger partial charge in [0.25, 0.3) is 15.9 Å². The number of ether oxygens (including phenoxy) is 2. The number of benzene rings is 3. The number of piperidine rings is 1. The van der Waals surface area contributed by atoms with Gasteiger partial charge in [-0.15, -0.1) is 0 Å². The van der Waals surface area contributed by atoms with Crippen LogP contribution in [0.1, 0.15) is 50.3 Å². The average Bonchev–Trinajstić information content (AvgIpc) is 3.35. The number of nitrogens with zero attached hydrogens (tertiary/aromatic N) is 5. The molecular formula is C38H44N6O6S. The number of hydrogen-bond donors (Lipinski definition) is 1. The zero-order chi connectivity index (χ0) is 36.1. The maximum atomic E-state index is 15.1. The van der Waals surface area contributed by atoms with Crippen molar-refractivity contribution < 1.29 is 27.5 Å². The summed E-state index contributed by atoms with van der Waals surface area (Å²) in [6.07, 6.45) is 2.28. The van der Waals surface area contributed by atoms with Gasteiger partial charge in [-0.3, -0.25) is 9.69 Å². The lowest BCUT2D eigenvalue weighted by molar-refractivity contribution is -0.124. The summed E-state index contributed by atoms with van der Waals surface area (Å²) < 4.78 is 40.7. The number of methoxy groups -OCH3 is 1. The van der Waals surface area contributed by atoms with Crippen LogP contribution in [0.3, 0.4) is 0 Å². The van der Waals surface area contributed by atoms with Crippen molar-refractivity contribution in [1.82, 2.24) is 20.0 Å². The Bertz CT molecular complexity index is 1970. The highest BCUT2D eigenvalue weighted by molar-refractivity contribution is 7.93. The molecule has 3 aromatic rings. The van der Waals surface area contributed by atoms with Gasteiger partial charge < -0.3 is 24.6 Å². The summed E-state index contributed by atoms with van der Waals surface area (Å²) in [4.78, 5) is 36.0. The first-order valence-corrected chi connectivity index (χ1v) is 19.0. The molecule has 0 bridgehead atoms. The first kappa shape index (κ1) is 34.8. The largest absolute Gasteiger partial charge is 0.497 e. The van der Waals surface area contributed by atoms with Crippen LogP contribution >= 0.6 is 0 Å². The lowest BCUT2D eigenvalue weighted by Crippen LogP contribution is -2.76. The van der Waals surface area contributed by atoms with Crippen LogP contribution in [0, 0.1) is 16.7 Å². The van der Waals surface area contributed by atoms with Crippen LogP contribution in [0.5, 0.6) is 11.5 Å². The molecule has 1 atom stereocenters. The lowest BCUT2D eigenvalue weighted by atomic mass is 9.71. The molecule has 0 unspecified atom stereocenters. The molecule has 0 aliphatic carbocycles. The Hall–Kier alpha value is -4.64. The molecule has 0 saturated carbocycles. The van der Waals surface area contributed by atoms with Gasteiger partial charge in [0, 0.05) is 54.8 Å². The molecule has 3 saturated heterocycles. The van der Waals surface area contributed by atoms with E-state index in [4.69, 9.17) is 9.47 Å². The summed E-state index contributed by atoms with van der Waals surface area (Å²) in [5.41, 5.74) is -1.34. The Kier molecular flexibility index (Phi) is 8.98. The van der Waals surface area contributed by atoms with Crippen molar-refractivity contribution in [2.24, 2.45) is 5.41 Å². The van der Waals surface area contributed by atoms with Crippen molar-refractivity contribution in [3.8, 4) is 17.6 Å². The highest BCUT2D eigenvalue weighted by Gasteiger charge is 2.60. The van der Waals surface area contributed by atoms with E-state index in [0.717, 1.165) is 43.3 Å². The van der Waals surface area contributed by atoms with E-state index in [9.17, 15) is 18.5 Å². The average molecular weight is 713 g/mol. The summed E-state index contributed by atoms with van der Waals surface area (Å²) in [6.45, 7) is 11.6. The van der Waals surface area contributed by atoms with E-state index in [1.165, 1.54) is 49.6 Å². The molecule has 3 aromatic carbocycles. The number of carbonyl (C=O) groups excluding carboxylic acids is 2. The third-order valence-corrected chi connectivity index (χ3v) is 12.6. The van der Waals surface area contributed by atoms with Gasteiger partial charge in [-0.25, -0.2) is 13.2 Å². The summed E-state index contributed by atoms with van der Waals surface area (Å²) in [5.74, 6) is -0.142. The molecule has 3 fully saturated rings. The molecule has 3 amide bonds. The fourth-order valence-corrected chi connectivity index (χ4v) is 9.71. The van der Waals surface area contributed by atoms with Gasteiger partial charge in [0.05, 0.1) is 35.9 Å². The minimum atomic E-state index is -4.51. The number of nitrogens with one attached hydrogen (secondary N) is 1. The van der Waals surface area contributed by atoms with Gasteiger partial charge in [-0.1, -0.05) is 18.2 Å². The smallest absolute Gasteiger partial charge is 0.318 e. The van der Waals surface area contributed by atoms with Crippen LogP contribution in [0.25, 0.3) is 0 Å². The van der Waals surface area contributed by atoms with Gasteiger partial charge in [-0.2, -0.15) is 9.57 Å². The fraction of sp³-hybridized carbons (Fsp3) is 0.447. The molecule has 268 valence electrons. The van der Waals surface area contributed by atoms with E-state index in [0.29, 0.717) is 36.7 Å². The summed E-state index contributed by atoms with van der Waals surface area (Å²) in [5, 5.41) is 12.9. The third kappa shape index (κ3) is 5.79. The number of para-hydroxylation sites is 1. The zero-order valence-electron chi connectivity index (χ0n) is 29.5. The molecule has 0 aromatic heterocycles. The van der Waals surface area contributed by atoms with Crippen LogP contribution in [-0.2, 0) is 20.4 Å². The van der Waals surface area contributed by atoms with Crippen molar-refractivity contribution in [2.75, 3.05) is 57.3 Å². The number of rotatable bonds is 9. The first-order valence-electron chi connectivity index (χ1n) is 17.5. The number of urea groups is 1. The molecule has 1 spiro atoms. The number of sulfonamides is 1. The van der Waals surface area contributed by atoms with Crippen LogP contribution in [0.2, 0.25) is 0 Å². The molecule has 51 heavy (non-hydrogen) atoms. The summed E-state index contributed by atoms with van der Waals surface area (Å²) >= 11 is 0. The lowest BCUT2D eigenvalue weighted by Gasteiger charge is -2.62. The van der Waals surface area contributed by atoms with Gasteiger partial charge in [0.1, 0.15) is 11.5 Å². The predicted molar refractivity (Wildman–Crippen MR) is 191 cm³/mol. The van der Waals surface area contributed by atoms with E-state index in [-0.39, 0.29) is 39.3 Å². The normalized spacial score (nSPS) is 21.9. The molecule has 1 N–H and O–H groups in total. The maximum absolute atomic E-state index is 15.1. The number of hydrogen-bond acceptors (Lipinski definition) is 9. The van der Waals surface area contributed by atoms with Crippen LogP contribution in [-0.4, -0.2) is 100 Å². The number of fused-ring (bicyclic) bond motifs is 1. The Morgan fingerprint density at radius 3 is 2.31 bits per heavy atom. The Morgan fingerprint density at radius 1 is 1.00 bits per heavy atom. The van der Waals surface area contributed by atoms with Crippen LogP contribution in [0.15, 0.2) is 71.6 Å². The predicted octanol–water partition coefficient (Wildman–Crippen LogP) is 4.14. The number of anilines is 1. The second kappa shape index (κ2) is 13.2. The van der Waals surface area contributed by atoms with Crippen molar-refractivity contribution in [3.63, 3.8) is 0 Å². The van der Waals surface area contributed by atoms with Crippen LogP contribution in [0.4, 0.5) is 10.5 Å². The van der Waals surface area contributed by atoms with Gasteiger partial charge in [-0.05, 0) is 95.2 Å². The van der Waals surface area contributed by atoms with Gasteiger partial charge in [0.2, 0.25) is 0 Å². The van der Waals surface area contributed by atoms with Crippen molar-refractivity contribution in [2.45, 2.75) is 56.1 Å². The Balaban J connectivity index is 1.21. The minimum absolute atomic E-state index is 0.00176. The highest BCUT2D eigenvalue weighted by atomic mass is 32.2. The first-order chi connectivity index (χ1) is 24.5. The zero-order valence-corrected chi connectivity index (χ0v) is 30.3. The summed E-state index contributed by atoms with van der Waals surface area (Å²) in [6, 6.07) is 19.6. The number of likely N-dealkylation sites (tertiary alicyclic amines) is 3. The molecule has 4 heterocycles. The standard InChI is InChI=1S/C38H44N6O6S/c1-5-50-34-9-7-6-8-31(34)38(40-36(46)43-24-37(25-43)22-42(23-37)28-16-18-41(19-17-28)26(2)3)32-20-27(21-39)10-15-33(32)44(35(38)45)51(47,48)30-13-11-29(49-4)12-14-30/h6-15,20,26,28H,5,16-19,22-25H2,1-4H3,(H,40,46)/t38-/m1/s1. The molecule has 12 nitrogen and oxygen atoms in total. The van der Waals surface area contributed by atoms with E-state index in [2.05, 4.69) is 35.0 Å². The van der Waals surface area contributed by atoms with E-state index in [1.54, 1.807) is 36.1 Å². The number of nitriles is 1. The summed E-state index contributed by atoms with van der Waals surface area (Å²) in [7, 11) is -3.03. The molecule has 7 rings (SSSR count). The molecular weight excluding hydrogens is 669 g/mol. The minimum Gasteiger partial charge on any atom is -0.497 e. The topological polar surface area (TPSA) is 136 Å². The van der Waals surface area contributed by atoms with E-state index < -0.39 is 27.5 Å². The van der Waals surface area contributed by atoms with Crippen LogP contribution < -0.4 is 19.1 Å². The second-order valence-corrected chi connectivity index (χ2v) is 16.1. The molecule has 0 radical (unpaired) electrons. The quantitative estimate of drug-likeness (QED) is 0.347. The van der Waals surface area contributed by atoms with Crippen molar-refractivity contribution >= 4 is 27.6 Å². The van der Waals surface area contributed by atoms with E-state index >= 15 is 4.79 Å². The Morgan fingerprint density at radius 2 is 1.69 bits per heavy atom. The second-order valence-electron chi connectivity index (χ2n) is 14.3. The SMILES string of the molecule is CCOc1ccccc1[C@]1(NC(=O)N2CC3(C2)CN(C2CCN(C(C)C)CC2)C3)C(=O)N(S(=O)(=O)c2ccc(OC)cc2)c2ccc(C#N)cc21.